The molecule has 0 aliphatic carbocycles. The first-order valence-corrected chi connectivity index (χ1v) is 4.26. The Bertz CT molecular complexity index is 250. The molecule has 66 valence electrons. The van der Waals surface area contributed by atoms with Crippen LogP contribution in [0.15, 0.2) is 0 Å². The zero-order valence-electron chi connectivity index (χ0n) is 6.95. The molecule has 1 saturated heterocycles. The molecule has 0 bridgehead atoms. The third kappa shape index (κ3) is 1.27. The van der Waals surface area contributed by atoms with E-state index in [2.05, 4.69) is 20.1 Å². The first-order valence-electron chi connectivity index (χ1n) is 4.26. The standard InChI is InChI=1S/C7H13N5/c8-5-6-9-7(11-10-6)12-3-1-2-4-12/h1-5,8H2,(H,9,10,11). The van der Waals surface area contributed by atoms with Gasteiger partial charge in [0.25, 0.3) is 0 Å². The molecule has 0 saturated carbocycles. The number of hydrogen-bond acceptors (Lipinski definition) is 4. The maximum Gasteiger partial charge on any atom is 0.244 e. The average molecular weight is 167 g/mol. The molecule has 1 aliphatic rings. The van der Waals surface area contributed by atoms with Gasteiger partial charge >= 0.3 is 0 Å². The molecular weight excluding hydrogens is 154 g/mol. The predicted octanol–water partition coefficient (Wildman–Crippen LogP) is -0.136. The molecule has 2 rings (SSSR count). The summed E-state index contributed by atoms with van der Waals surface area (Å²) in [5.41, 5.74) is 5.41. The third-order valence-corrected chi connectivity index (χ3v) is 2.10. The van der Waals surface area contributed by atoms with Gasteiger partial charge in [-0.05, 0) is 12.8 Å². The second-order valence-electron chi connectivity index (χ2n) is 2.98. The SMILES string of the molecule is NCc1nc(N2CCCC2)n[nH]1. The van der Waals surface area contributed by atoms with Gasteiger partial charge in [-0.2, -0.15) is 4.98 Å². The summed E-state index contributed by atoms with van der Waals surface area (Å²) in [5.74, 6) is 1.56. The lowest BCUT2D eigenvalue weighted by atomic mass is 10.4. The van der Waals surface area contributed by atoms with E-state index >= 15 is 0 Å². The van der Waals surface area contributed by atoms with Gasteiger partial charge in [-0.15, -0.1) is 5.10 Å². The molecule has 0 spiro atoms. The minimum atomic E-state index is 0.431. The summed E-state index contributed by atoms with van der Waals surface area (Å²) in [6, 6.07) is 0. The number of nitrogens with two attached hydrogens (primary N) is 1. The Morgan fingerprint density at radius 1 is 1.42 bits per heavy atom. The Balaban J connectivity index is 2.11. The van der Waals surface area contributed by atoms with E-state index in [9.17, 15) is 0 Å². The van der Waals surface area contributed by atoms with Crippen LogP contribution in [0.1, 0.15) is 18.7 Å². The van der Waals surface area contributed by atoms with Crippen LogP contribution in [0, 0.1) is 0 Å². The van der Waals surface area contributed by atoms with E-state index in [1.807, 2.05) is 0 Å². The molecule has 5 heteroatoms. The molecule has 1 fully saturated rings. The second-order valence-corrected chi connectivity index (χ2v) is 2.98. The Hall–Kier alpha value is -1.10. The molecule has 1 aromatic heterocycles. The molecule has 1 aliphatic heterocycles. The Labute approximate surface area is 71.0 Å². The van der Waals surface area contributed by atoms with Crippen molar-refractivity contribution >= 4 is 5.95 Å². The smallest absolute Gasteiger partial charge is 0.244 e. The normalized spacial score (nSPS) is 17.2. The van der Waals surface area contributed by atoms with Crippen molar-refractivity contribution < 1.29 is 0 Å². The van der Waals surface area contributed by atoms with Gasteiger partial charge in [-0.3, -0.25) is 5.10 Å². The largest absolute Gasteiger partial charge is 0.340 e. The van der Waals surface area contributed by atoms with Crippen molar-refractivity contribution in [1.29, 1.82) is 0 Å². The monoisotopic (exact) mass is 167 g/mol. The number of anilines is 1. The molecule has 1 aromatic rings. The van der Waals surface area contributed by atoms with E-state index < -0.39 is 0 Å². The van der Waals surface area contributed by atoms with Gasteiger partial charge in [-0.25, -0.2) is 0 Å². The van der Waals surface area contributed by atoms with Crippen molar-refractivity contribution in [3.63, 3.8) is 0 Å². The lowest BCUT2D eigenvalue weighted by molar-refractivity contribution is 0.902. The number of nitrogens with one attached hydrogen (secondary N) is 1. The number of H-pyrrole nitrogens is 1. The third-order valence-electron chi connectivity index (χ3n) is 2.10. The molecular formula is C7H13N5. The van der Waals surface area contributed by atoms with E-state index in [1.165, 1.54) is 12.8 Å². The lowest BCUT2D eigenvalue weighted by Gasteiger charge is -2.10. The molecule has 0 radical (unpaired) electrons. The van der Waals surface area contributed by atoms with Crippen molar-refractivity contribution in [2.24, 2.45) is 5.73 Å². The minimum absolute atomic E-state index is 0.431. The summed E-state index contributed by atoms with van der Waals surface area (Å²) >= 11 is 0. The van der Waals surface area contributed by atoms with Crippen LogP contribution < -0.4 is 10.6 Å². The van der Waals surface area contributed by atoms with Crippen molar-refractivity contribution in [2.45, 2.75) is 19.4 Å². The molecule has 0 amide bonds. The van der Waals surface area contributed by atoms with Crippen LogP contribution in [0.3, 0.4) is 0 Å². The predicted molar refractivity (Wildman–Crippen MR) is 45.7 cm³/mol. The van der Waals surface area contributed by atoms with Crippen LogP contribution in [-0.2, 0) is 6.54 Å². The molecule has 5 nitrogen and oxygen atoms in total. The Kier molecular flexibility index (Phi) is 1.95. The number of nitrogens with zero attached hydrogens (tertiary/aromatic N) is 3. The van der Waals surface area contributed by atoms with E-state index in [1.54, 1.807) is 0 Å². The molecule has 3 N–H and O–H groups in total. The van der Waals surface area contributed by atoms with Crippen molar-refractivity contribution in [1.82, 2.24) is 15.2 Å². The zero-order chi connectivity index (χ0) is 8.39. The van der Waals surface area contributed by atoms with Gasteiger partial charge < -0.3 is 10.6 Å². The fourth-order valence-electron chi connectivity index (χ4n) is 1.44. The summed E-state index contributed by atoms with van der Waals surface area (Å²) in [6.45, 7) is 2.57. The fourth-order valence-corrected chi connectivity index (χ4v) is 1.44. The van der Waals surface area contributed by atoms with Gasteiger partial charge in [0.2, 0.25) is 5.95 Å². The second kappa shape index (κ2) is 3.10. The lowest BCUT2D eigenvalue weighted by Crippen LogP contribution is -2.19. The Morgan fingerprint density at radius 2 is 2.17 bits per heavy atom. The van der Waals surface area contributed by atoms with Gasteiger partial charge in [0.15, 0.2) is 0 Å². The number of rotatable bonds is 2. The van der Waals surface area contributed by atoms with Crippen LogP contribution in [-0.4, -0.2) is 28.3 Å². The Morgan fingerprint density at radius 3 is 2.75 bits per heavy atom. The summed E-state index contributed by atoms with van der Waals surface area (Å²) in [7, 11) is 0. The number of aromatic amines is 1. The maximum atomic E-state index is 5.41. The fraction of sp³-hybridized carbons (Fsp3) is 0.714. The quantitative estimate of drug-likeness (QED) is 0.643. The summed E-state index contributed by atoms with van der Waals surface area (Å²) in [5, 5.41) is 6.88. The highest BCUT2D eigenvalue weighted by Gasteiger charge is 2.15. The van der Waals surface area contributed by atoms with Crippen LogP contribution >= 0.6 is 0 Å². The summed E-state index contributed by atoms with van der Waals surface area (Å²) in [6.07, 6.45) is 2.49. The van der Waals surface area contributed by atoms with E-state index in [0.29, 0.717) is 6.54 Å². The molecule has 2 heterocycles. The van der Waals surface area contributed by atoms with E-state index in [4.69, 9.17) is 5.73 Å². The summed E-state index contributed by atoms with van der Waals surface area (Å²) < 4.78 is 0. The summed E-state index contributed by atoms with van der Waals surface area (Å²) in [4.78, 5) is 6.42. The maximum absolute atomic E-state index is 5.41. The van der Waals surface area contributed by atoms with Crippen molar-refractivity contribution in [3.05, 3.63) is 5.82 Å². The molecule has 0 unspecified atom stereocenters. The van der Waals surface area contributed by atoms with Gasteiger partial charge in [0.1, 0.15) is 5.82 Å². The minimum Gasteiger partial charge on any atom is -0.340 e. The average Bonchev–Trinajstić information content (AvgIpc) is 2.75. The van der Waals surface area contributed by atoms with Crippen molar-refractivity contribution in [2.75, 3.05) is 18.0 Å². The van der Waals surface area contributed by atoms with E-state index in [0.717, 1.165) is 24.9 Å². The van der Waals surface area contributed by atoms with Gasteiger partial charge in [-0.1, -0.05) is 0 Å². The van der Waals surface area contributed by atoms with Gasteiger partial charge in [0.05, 0.1) is 6.54 Å². The molecule has 12 heavy (non-hydrogen) atoms. The highest BCUT2D eigenvalue weighted by molar-refractivity contribution is 5.29. The number of hydrogen-bond donors (Lipinski definition) is 2. The molecule has 0 aromatic carbocycles. The van der Waals surface area contributed by atoms with Crippen LogP contribution in [0.4, 0.5) is 5.95 Å². The molecule has 0 atom stereocenters. The highest BCUT2D eigenvalue weighted by Crippen LogP contribution is 2.14. The first-order chi connectivity index (χ1) is 5.90. The number of aromatic nitrogens is 3. The zero-order valence-corrected chi connectivity index (χ0v) is 6.95. The first kappa shape index (κ1) is 7.54. The van der Waals surface area contributed by atoms with E-state index in [-0.39, 0.29) is 0 Å². The highest BCUT2D eigenvalue weighted by atomic mass is 15.4. The topological polar surface area (TPSA) is 70.8 Å². The van der Waals surface area contributed by atoms with Crippen LogP contribution in [0.2, 0.25) is 0 Å². The van der Waals surface area contributed by atoms with Crippen LogP contribution in [0.25, 0.3) is 0 Å². The van der Waals surface area contributed by atoms with Gasteiger partial charge in [0, 0.05) is 13.1 Å². The van der Waals surface area contributed by atoms with Crippen molar-refractivity contribution in [3.8, 4) is 0 Å². The van der Waals surface area contributed by atoms with Crippen LogP contribution in [0.5, 0.6) is 0 Å².